The van der Waals surface area contributed by atoms with Gasteiger partial charge in [-0.1, -0.05) is 55.5 Å². The average Bonchev–Trinajstić information content (AvgIpc) is 2.67. The lowest BCUT2D eigenvalue weighted by Crippen LogP contribution is -2.50. The van der Waals surface area contributed by atoms with Crippen molar-refractivity contribution in [1.82, 2.24) is 10.2 Å². The molecule has 27 heavy (non-hydrogen) atoms. The van der Waals surface area contributed by atoms with Gasteiger partial charge in [-0.25, -0.2) is 0 Å². The van der Waals surface area contributed by atoms with Crippen molar-refractivity contribution in [3.63, 3.8) is 0 Å². The molecule has 4 nitrogen and oxygen atoms in total. The zero-order chi connectivity index (χ0) is 19.6. The molecule has 0 bridgehead atoms. The molecule has 0 fully saturated rings. The van der Waals surface area contributed by atoms with E-state index in [9.17, 15) is 9.59 Å². The van der Waals surface area contributed by atoms with Gasteiger partial charge >= 0.3 is 0 Å². The summed E-state index contributed by atoms with van der Waals surface area (Å²) in [5, 5.41) is 2.95. The molecule has 1 N–H and O–H groups in total. The summed E-state index contributed by atoms with van der Waals surface area (Å²) in [6.07, 6.45) is 0.577. The topological polar surface area (TPSA) is 49.4 Å². The third-order valence-electron chi connectivity index (χ3n) is 4.12. The molecular formula is C22H28N2O2S. The van der Waals surface area contributed by atoms with E-state index in [1.54, 1.807) is 4.90 Å². The molecule has 0 saturated heterocycles. The van der Waals surface area contributed by atoms with Crippen LogP contribution in [0.4, 0.5) is 0 Å². The van der Waals surface area contributed by atoms with Gasteiger partial charge in [0.2, 0.25) is 11.8 Å². The van der Waals surface area contributed by atoms with E-state index in [-0.39, 0.29) is 17.9 Å². The molecule has 2 aromatic carbocycles. The van der Waals surface area contributed by atoms with Crippen molar-refractivity contribution in [1.29, 1.82) is 0 Å². The molecule has 144 valence electrons. The first-order valence-electron chi connectivity index (χ1n) is 9.32. The zero-order valence-corrected chi connectivity index (χ0v) is 17.0. The first-order valence-corrected chi connectivity index (χ1v) is 10.3. The second-order valence-electron chi connectivity index (χ2n) is 6.70. The summed E-state index contributed by atoms with van der Waals surface area (Å²) >= 11 is 1.50. The second kappa shape index (κ2) is 10.8. The molecule has 0 unspecified atom stereocenters. The third-order valence-corrected chi connectivity index (χ3v) is 5.11. The smallest absolute Gasteiger partial charge is 0.243 e. The standard InChI is InChI=1S/C22H28N2O2S/c1-4-20(22(26)23-17(2)3)24(15-18-11-7-5-8-12-18)21(25)16-27-19-13-9-6-10-14-19/h5-14,17,20H,4,15-16H2,1-3H3,(H,23,26)/t20-/m1/s1. The van der Waals surface area contributed by atoms with Gasteiger partial charge in [-0.3, -0.25) is 9.59 Å². The lowest BCUT2D eigenvalue weighted by Gasteiger charge is -2.31. The van der Waals surface area contributed by atoms with Crippen molar-refractivity contribution in [3.8, 4) is 0 Å². The lowest BCUT2D eigenvalue weighted by atomic mass is 10.1. The highest BCUT2D eigenvalue weighted by Crippen LogP contribution is 2.20. The predicted octanol–water partition coefficient (Wildman–Crippen LogP) is 4.11. The Morgan fingerprint density at radius 1 is 1.00 bits per heavy atom. The minimum absolute atomic E-state index is 0.0292. The van der Waals surface area contributed by atoms with E-state index >= 15 is 0 Å². The van der Waals surface area contributed by atoms with Crippen LogP contribution in [0.3, 0.4) is 0 Å². The van der Waals surface area contributed by atoms with Gasteiger partial charge in [0.1, 0.15) is 6.04 Å². The van der Waals surface area contributed by atoms with E-state index in [0.717, 1.165) is 10.5 Å². The minimum Gasteiger partial charge on any atom is -0.352 e. The fourth-order valence-corrected chi connectivity index (χ4v) is 3.63. The molecule has 0 aromatic heterocycles. The van der Waals surface area contributed by atoms with Gasteiger partial charge in [-0.15, -0.1) is 11.8 Å². The van der Waals surface area contributed by atoms with Gasteiger partial charge in [-0.2, -0.15) is 0 Å². The second-order valence-corrected chi connectivity index (χ2v) is 7.75. The molecule has 2 rings (SSSR count). The Morgan fingerprint density at radius 2 is 1.59 bits per heavy atom. The minimum atomic E-state index is -0.475. The van der Waals surface area contributed by atoms with Crippen LogP contribution in [0.1, 0.15) is 32.8 Å². The average molecular weight is 385 g/mol. The summed E-state index contributed by atoms with van der Waals surface area (Å²) in [5.74, 6) is 0.183. The summed E-state index contributed by atoms with van der Waals surface area (Å²) in [6, 6.07) is 19.2. The molecule has 0 aliphatic rings. The van der Waals surface area contributed by atoms with E-state index in [2.05, 4.69) is 5.32 Å². The van der Waals surface area contributed by atoms with Crippen LogP contribution >= 0.6 is 11.8 Å². The van der Waals surface area contributed by atoms with Crippen molar-refractivity contribution in [2.45, 2.75) is 50.7 Å². The molecule has 2 amide bonds. The fourth-order valence-electron chi connectivity index (χ4n) is 2.83. The highest BCUT2D eigenvalue weighted by atomic mass is 32.2. The number of rotatable bonds is 9. The zero-order valence-electron chi connectivity index (χ0n) is 16.2. The van der Waals surface area contributed by atoms with E-state index < -0.39 is 6.04 Å². The van der Waals surface area contributed by atoms with Gasteiger partial charge in [-0.05, 0) is 38.0 Å². The monoisotopic (exact) mass is 384 g/mol. The van der Waals surface area contributed by atoms with Crippen molar-refractivity contribution in [2.24, 2.45) is 0 Å². The SMILES string of the molecule is CC[C@H](C(=O)NC(C)C)N(Cc1ccccc1)C(=O)CSc1ccccc1. The summed E-state index contributed by atoms with van der Waals surface area (Å²) in [4.78, 5) is 28.5. The Balaban J connectivity index is 2.16. The molecule has 5 heteroatoms. The normalized spacial score (nSPS) is 11.9. The molecule has 0 spiro atoms. The van der Waals surface area contributed by atoms with Crippen LogP contribution in [-0.2, 0) is 16.1 Å². The van der Waals surface area contributed by atoms with Crippen molar-refractivity contribution < 1.29 is 9.59 Å². The molecule has 0 heterocycles. The predicted molar refractivity (Wildman–Crippen MR) is 112 cm³/mol. The molecular weight excluding hydrogens is 356 g/mol. The van der Waals surface area contributed by atoms with Crippen molar-refractivity contribution in [3.05, 3.63) is 66.2 Å². The number of amides is 2. The third kappa shape index (κ3) is 6.75. The van der Waals surface area contributed by atoms with E-state index in [4.69, 9.17) is 0 Å². The van der Waals surface area contributed by atoms with E-state index in [1.165, 1.54) is 11.8 Å². The molecule has 1 atom stereocenters. The highest BCUT2D eigenvalue weighted by Gasteiger charge is 2.28. The fraction of sp³-hybridized carbons (Fsp3) is 0.364. The number of benzene rings is 2. The van der Waals surface area contributed by atoms with E-state index in [1.807, 2.05) is 81.4 Å². The largest absolute Gasteiger partial charge is 0.352 e. The summed E-state index contributed by atoms with van der Waals surface area (Å²) in [7, 11) is 0. The molecule has 0 radical (unpaired) electrons. The van der Waals surface area contributed by atoms with Crippen LogP contribution < -0.4 is 5.32 Å². The van der Waals surface area contributed by atoms with Gasteiger partial charge in [0.05, 0.1) is 5.75 Å². The lowest BCUT2D eigenvalue weighted by molar-refractivity contribution is -0.139. The molecule has 2 aromatic rings. The van der Waals surface area contributed by atoms with Crippen LogP contribution in [0.15, 0.2) is 65.6 Å². The van der Waals surface area contributed by atoms with Gasteiger partial charge in [0, 0.05) is 17.5 Å². The van der Waals surface area contributed by atoms with E-state index in [0.29, 0.717) is 18.7 Å². The summed E-state index contributed by atoms with van der Waals surface area (Å²) in [5.41, 5.74) is 1.02. The van der Waals surface area contributed by atoms with Gasteiger partial charge in [0.15, 0.2) is 0 Å². The van der Waals surface area contributed by atoms with Crippen LogP contribution in [0.5, 0.6) is 0 Å². The number of carbonyl (C=O) groups is 2. The Bertz CT molecular complexity index is 720. The number of hydrogen-bond acceptors (Lipinski definition) is 3. The van der Waals surface area contributed by atoms with Crippen LogP contribution in [0.2, 0.25) is 0 Å². The quantitative estimate of drug-likeness (QED) is 0.662. The number of carbonyl (C=O) groups excluding carboxylic acids is 2. The molecule has 0 aliphatic carbocycles. The maximum Gasteiger partial charge on any atom is 0.243 e. The maximum atomic E-state index is 13.0. The number of nitrogens with one attached hydrogen (secondary N) is 1. The Kier molecular flexibility index (Phi) is 8.40. The van der Waals surface area contributed by atoms with Crippen molar-refractivity contribution in [2.75, 3.05) is 5.75 Å². The van der Waals surface area contributed by atoms with Crippen LogP contribution in [0, 0.1) is 0 Å². The Morgan fingerprint density at radius 3 is 2.15 bits per heavy atom. The van der Waals surface area contributed by atoms with Crippen LogP contribution in [-0.4, -0.2) is 34.6 Å². The van der Waals surface area contributed by atoms with Crippen LogP contribution in [0.25, 0.3) is 0 Å². The van der Waals surface area contributed by atoms with Gasteiger partial charge in [0.25, 0.3) is 0 Å². The van der Waals surface area contributed by atoms with Crippen molar-refractivity contribution >= 4 is 23.6 Å². The summed E-state index contributed by atoms with van der Waals surface area (Å²) in [6.45, 7) is 6.23. The molecule has 0 aliphatic heterocycles. The number of thioether (sulfide) groups is 1. The highest BCUT2D eigenvalue weighted by molar-refractivity contribution is 8.00. The Hall–Kier alpha value is -2.27. The first kappa shape index (κ1) is 21.0. The van der Waals surface area contributed by atoms with Gasteiger partial charge < -0.3 is 10.2 Å². The summed E-state index contributed by atoms with van der Waals surface area (Å²) < 4.78 is 0. The number of hydrogen-bond donors (Lipinski definition) is 1. The molecule has 0 saturated carbocycles. The Labute approximate surface area is 166 Å². The first-order chi connectivity index (χ1) is 13.0. The maximum absolute atomic E-state index is 13.0. The number of nitrogens with zero attached hydrogens (tertiary/aromatic N) is 1.